The average Bonchev–Trinajstić information content (AvgIpc) is 2.27. The topological polar surface area (TPSA) is 3.24 Å². The highest BCUT2D eigenvalue weighted by atomic mass is 32.2. The van der Waals surface area contributed by atoms with Gasteiger partial charge in [0.2, 0.25) is 0 Å². The lowest BCUT2D eigenvalue weighted by molar-refractivity contribution is 0.112. The molecule has 0 bridgehead atoms. The van der Waals surface area contributed by atoms with Gasteiger partial charge in [0.1, 0.15) is 6.17 Å². The molecule has 0 aromatic heterocycles. The minimum atomic E-state index is -0.738. The Kier molecular flexibility index (Phi) is 3.50. The molecule has 1 rings (SSSR count). The van der Waals surface area contributed by atoms with Crippen LogP contribution in [-0.2, 0) is 0 Å². The van der Waals surface area contributed by atoms with Gasteiger partial charge in [-0.15, -0.1) is 0 Å². The molecule has 0 unspecified atom stereocenters. The van der Waals surface area contributed by atoms with E-state index in [9.17, 15) is 4.39 Å². The first-order valence-electron chi connectivity index (χ1n) is 4.98. The third-order valence-corrected chi connectivity index (χ3v) is 3.34. The van der Waals surface area contributed by atoms with Gasteiger partial charge in [-0.25, -0.2) is 4.39 Å². The van der Waals surface area contributed by atoms with Crippen LogP contribution in [0.2, 0.25) is 0 Å². The Labute approximate surface area is 97.3 Å². The molecule has 0 aromatic rings. The second-order valence-corrected chi connectivity index (χ2v) is 7.48. The molecule has 2 atom stereocenters. The van der Waals surface area contributed by atoms with E-state index in [4.69, 9.17) is 0 Å². The summed E-state index contributed by atoms with van der Waals surface area (Å²) in [5.41, 5.74) is -0.0156. The van der Waals surface area contributed by atoms with E-state index in [2.05, 4.69) is 50.9 Å². The summed E-state index contributed by atoms with van der Waals surface area (Å²) in [6.45, 7) is 8.74. The van der Waals surface area contributed by atoms with E-state index in [1.807, 2.05) is 6.92 Å². The lowest BCUT2D eigenvalue weighted by Gasteiger charge is -2.41. The predicted molar refractivity (Wildman–Crippen MR) is 66.1 cm³/mol. The van der Waals surface area contributed by atoms with Gasteiger partial charge >= 0.3 is 0 Å². The smallest absolute Gasteiger partial charge is 0.114 e. The number of nitrogens with zero attached hydrogens (tertiary/aromatic N) is 1. The average molecular weight is 237 g/mol. The van der Waals surface area contributed by atoms with Crippen molar-refractivity contribution in [3.8, 4) is 0 Å². The summed E-state index contributed by atoms with van der Waals surface area (Å²) in [6, 6.07) is 0.101. The first kappa shape index (κ1) is 12.7. The molecule has 1 saturated heterocycles. The van der Waals surface area contributed by atoms with Gasteiger partial charge in [-0.1, -0.05) is 0 Å². The molecule has 1 aliphatic rings. The van der Waals surface area contributed by atoms with Crippen LogP contribution >= 0.6 is 25.3 Å². The molecule has 0 amide bonds. The summed E-state index contributed by atoms with van der Waals surface area (Å²) in [4.78, 5) is 2.16. The molecule has 4 heteroatoms. The third-order valence-electron chi connectivity index (χ3n) is 2.74. The molecule has 0 aliphatic carbocycles. The quantitative estimate of drug-likeness (QED) is 0.524. The SMILES string of the molecule is CC(S)(S)[C@@H]1C[C@@H](F)CN1C(C)(C)C. The van der Waals surface area contributed by atoms with Crippen LogP contribution in [0, 0.1) is 0 Å². The fourth-order valence-electron chi connectivity index (χ4n) is 2.04. The van der Waals surface area contributed by atoms with Gasteiger partial charge < -0.3 is 0 Å². The van der Waals surface area contributed by atoms with Crippen molar-refractivity contribution >= 4 is 25.3 Å². The summed E-state index contributed by atoms with van der Waals surface area (Å²) in [5, 5.41) is 0. The van der Waals surface area contributed by atoms with Crippen LogP contribution in [0.1, 0.15) is 34.1 Å². The van der Waals surface area contributed by atoms with E-state index in [1.54, 1.807) is 0 Å². The molecule has 84 valence electrons. The second kappa shape index (κ2) is 3.87. The Morgan fingerprint density at radius 2 is 1.71 bits per heavy atom. The normalized spacial score (nSPS) is 31.1. The fraction of sp³-hybridized carbons (Fsp3) is 1.00. The van der Waals surface area contributed by atoms with E-state index in [1.165, 1.54) is 0 Å². The molecule has 1 nitrogen and oxygen atoms in total. The molecular formula is C10H20FNS2. The Balaban J connectivity index is 2.84. The van der Waals surface area contributed by atoms with Crippen molar-refractivity contribution in [2.45, 2.75) is 55.9 Å². The Hall–Kier alpha value is 0.590. The van der Waals surface area contributed by atoms with Crippen LogP contribution in [0.4, 0.5) is 4.39 Å². The molecule has 1 heterocycles. The number of hydrogen-bond donors (Lipinski definition) is 2. The molecule has 0 aromatic carbocycles. The van der Waals surface area contributed by atoms with Crippen LogP contribution < -0.4 is 0 Å². The van der Waals surface area contributed by atoms with Gasteiger partial charge in [0.05, 0.1) is 4.08 Å². The maximum absolute atomic E-state index is 13.4. The van der Waals surface area contributed by atoms with Crippen molar-refractivity contribution in [3.63, 3.8) is 0 Å². The number of thiol groups is 2. The number of hydrogen-bond acceptors (Lipinski definition) is 3. The zero-order valence-electron chi connectivity index (χ0n) is 9.29. The molecule has 1 fully saturated rings. The zero-order chi connectivity index (χ0) is 11.1. The molecule has 14 heavy (non-hydrogen) atoms. The number of alkyl halides is 1. The Bertz CT molecular complexity index is 185. The van der Waals surface area contributed by atoms with E-state index in [0.717, 1.165) is 0 Å². The monoisotopic (exact) mass is 237 g/mol. The first-order chi connectivity index (χ1) is 6.12. The van der Waals surface area contributed by atoms with Gasteiger partial charge in [0, 0.05) is 18.1 Å². The van der Waals surface area contributed by atoms with Crippen LogP contribution in [0.15, 0.2) is 0 Å². The van der Waals surface area contributed by atoms with E-state index in [0.29, 0.717) is 13.0 Å². The summed E-state index contributed by atoms with van der Waals surface area (Å²) >= 11 is 8.87. The zero-order valence-corrected chi connectivity index (χ0v) is 11.1. The molecule has 0 saturated carbocycles. The van der Waals surface area contributed by atoms with Gasteiger partial charge in [-0.05, 0) is 34.1 Å². The maximum atomic E-state index is 13.4. The van der Waals surface area contributed by atoms with Crippen molar-refractivity contribution in [3.05, 3.63) is 0 Å². The van der Waals surface area contributed by atoms with Crippen LogP contribution in [0.25, 0.3) is 0 Å². The lowest BCUT2D eigenvalue weighted by atomic mass is 10.0. The molecule has 1 aliphatic heterocycles. The standard InChI is InChI=1S/C10H20FNS2/c1-9(2,3)12-6-7(11)5-8(12)10(4,13)14/h7-8,13-14H,5-6H2,1-4H3/t7-,8+/m1/s1. The highest BCUT2D eigenvalue weighted by molar-refractivity contribution is 8.00. The Morgan fingerprint density at radius 1 is 1.21 bits per heavy atom. The minimum Gasteiger partial charge on any atom is -0.290 e. The van der Waals surface area contributed by atoms with Crippen molar-refractivity contribution in [2.24, 2.45) is 0 Å². The van der Waals surface area contributed by atoms with E-state index < -0.39 is 10.3 Å². The third kappa shape index (κ3) is 2.80. The van der Waals surface area contributed by atoms with E-state index in [-0.39, 0.29) is 11.6 Å². The molecular weight excluding hydrogens is 217 g/mol. The highest BCUT2D eigenvalue weighted by Crippen LogP contribution is 2.38. The summed E-state index contributed by atoms with van der Waals surface area (Å²) < 4.78 is 12.9. The highest BCUT2D eigenvalue weighted by Gasteiger charge is 2.44. The minimum absolute atomic E-state index is 0.0156. The lowest BCUT2D eigenvalue weighted by Crippen LogP contribution is -2.50. The van der Waals surface area contributed by atoms with Gasteiger partial charge in [-0.2, -0.15) is 25.3 Å². The summed E-state index contributed by atoms with van der Waals surface area (Å²) in [5.74, 6) is 0. The van der Waals surface area contributed by atoms with Crippen molar-refractivity contribution in [1.82, 2.24) is 4.90 Å². The van der Waals surface area contributed by atoms with Crippen molar-refractivity contribution in [1.29, 1.82) is 0 Å². The number of rotatable bonds is 1. The Morgan fingerprint density at radius 3 is 2.00 bits per heavy atom. The van der Waals surface area contributed by atoms with Gasteiger partial charge in [0.25, 0.3) is 0 Å². The maximum Gasteiger partial charge on any atom is 0.114 e. The second-order valence-electron chi connectivity index (χ2n) is 5.27. The van der Waals surface area contributed by atoms with Gasteiger partial charge in [0.15, 0.2) is 0 Å². The van der Waals surface area contributed by atoms with E-state index >= 15 is 0 Å². The number of likely N-dealkylation sites (tertiary alicyclic amines) is 1. The summed E-state index contributed by atoms with van der Waals surface area (Å²) in [7, 11) is 0. The van der Waals surface area contributed by atoms with Crippen LogP contribution in [0.5, 0.6) is 0 Å². The van der Waals surface area contributed by atoms with Crippen molar-refractivity contribution < 1.29 is 4.39 Å². The molecule has 0 N–H and O–H groups in total. The number of halogens is 1. The molecule has 0 spiro atoms. The van der Waals surface area contributed by atoms with Crippen molar-refractivity contribution in [2.75, 3.05) is 6.54 Å². The van der Waals surface area contributed by atoms with Gasteiger partial charge in [-0.3, -0.25) is 4.90 Å². The molecule has 0 radical (unpaired) electrons. The predicted octanol–water partition coefficient (Wildman–Crippen LogP) is 2.77. The summed E-state index contributed by atoms with van der Waals surface area (Å²) in [6.07, 6.45) is -0.196. The van der Waals surface area contributed by atoms with Crippen LogP contribution in [0.3, 0.4) is 0 Å². The fourth-order valence-corrected chi connectivity index (χ4v) is 2.53. The van der Waals surface area contributed by atoms with Crippen LogP contribution in [-0.4, -0.2) is 33.3 Å². The first-order valence-corrected chi connectivity index (χ1v) is 5.87. The largest absolute Gasteiger partial charge is 0.290 e.